The largest absolute Gasteiger partial charge is 0.354 e. The average Bonchev–Trinajstić information content (AvgIpc) is 2.65. The van der Waals surface area contributed by atoms with Gasteiger partial charge in [-0.05, 0) is 43.4 Å². The Hall–Kier alpha value is -2.10. The Balaban J connectivity index is 1.94. The van der Waals surface area contributed by atoms with E-state index in [9.17, 15) is 9.59 Å². The number of hydrogen-bond donors (Lipinski definition) is 1. The normalized spacial score (nSPS) is 21.8. The van der Waals surface area contributed by atoms with Crippen molar-refractivity contribution in [1.82, 2.24) is 10.2 Å². The lowest BCUT2D eigenvalue weighted by Gasteiger charge is -2.25. The molecule has 4 nitrogen and oxygen atoms in total. The lowest BCUT2D eigenvalue weighted by molar-refractivity contribution is -0.125. The average molecular weight is 284 g/mol. The molecular formula is C17H20N2O2. The molecule has 4 heteroatoms. The van der Waals surface area contributed by atoms with Gasteiger partial charge >= 0.3 is 0 Å². The molecule has 1 fully saturated rings. The first-order valence-electron chi connectivity index (χ1n) is 7.46. The maximum absolute atomic E-state index is 12.6. The van der Waals surface area contributed by atoms with E-state index in [4.69, 9.17) is 0 Å². The number of benzene rings is 1. The van der Waals surface area contributed by atoms with E-state index in [1.54, 1.807) is 4.90 Å². The summed E-state index contributed by atoms with van der Waals surface area (Å²) in [6, 6.07) is 5.38. The van der Waals surface area contributed by atoms with Crippen LogP contribution in [0.1, 0.15) is 47.7 Å². The van der Waals surface area contributed by atoms with Gasteiger partial charge in [-0.3, -0.25) is 9.59 Å². The van der Waals surface area contributed by atoms with Gasteiger partial charge in [0.1, 0.15) is 6.04 Å². The third-order valence-electron chi connectivity index (χ3n) is 4.34. The second-order valence-corrected chi connectivity index (χ2v) is 5.85. The van der Waals surface area contributed by atoms with Gasteiger partial charge in [0, 0.05) is 18.7 Å². The fraction of sp³-hybridized carbons (Fsp3) is 0.412. The van der Waals surface area contributed by atoms with Crippen LogP contribution in [0.25, 0.3) is 5.57 Å². The summed E-state index contributed by atoms with van der Waals surface area (Å²) in [5.41, 5.74) is 3.70. The highest BCUT2D eigenvalue weighted by Gasteiger charge is 2.37. The van der Waals surface area contributed by atoms with Crippen LogP contribution in [0.4, 0.5) is 0 Å². The molecule has 1 aromatic rings. The Morgan fingerprint density at radius 3 is 2.90 bits per heavy atom. The molecule has 0 spiro atoms. The van der Waals surface area contributed by atoms with Crippen molar-refractivity contribution in [2.24, 2.45) is 0 Å². The van der Waals surface area contributed by atoms with Gasteiger partial charge in [0.15, 0.2) is 0 Å². The Morgan fingerprint density at radius 1 is 1.33 bits per heavy atom. The lowest BCUT2D eigenvalue weighted by Crippen LogP contribution is -2.45. The summed E-state index contributed by atoms with van der Waals surface area (Å²) in [6.45, 7) is 7.15. The summed E-state index contributed by atoms with van der Waals surface area (Å²) in [4.78, 5) is 26.6. The van der Waals surface area contributed by atoms with Crippen LogP contribution in [-0.2, 0) is 11.3 Å². The number of allylic oxidation sites excluding steroid dienone is 1. The number of carbonyl (C=O) groups excluding carboxylic acids is 2. The molecule has 2 amide bonds. The first-order valence-corrected chi connectivity index (χ1v) is 7.46. The van der Waals surface area contributed by atoms with Gasteiger partial charge < -0.3 is 10.2 Å². The third kappa shape index (κ3) is 2.35. The topological polar surface area (TPSA) is 49.4 Å². The number of amides is 2. The molecule has 21 heavy (non-hydrogen) atoms. The smallest absolute Gasteiger partial charge is 0.255 e. The van der Waals surface area contributed by atoms with Crippen molar-refractivity contribution in [2.75, 3.05) is 6.54 Å². The SMILES string of the molecule is C=C(C)c1cccc2c1CN(C1CCCCNC1=O)C2=O. The van der Waals surface area contributed by atoms with Crippen molar-refractivity contribution >= 4 is 17.4 Å². The monoisotopic (exact) mass is 284 g/mol. The maximum atomic E-state index is 12.6. The van der Waals surface area contributed by atoms with Crippen molar-refractivity contribution in [3.8, 4) is 0 Å². The quantitative estimate of drug-likeness (QED) is 0.906. The Morgan fingerprint density at radius 2 is 2.14 bits per heavy atom. The van der Waals surface area contributed by atoms with E-state index in [-0.39, 0.29) is 17.9 Å². The Labute approximate surface area is 124 Å². The van der Waals surface area contributed by atoms with Crippen molar-refractivity contribution in [2.45, 2.75) is 38.8 Å². The Bertz CT molecular complexity index is 621. The summed E-state index contributed by atoms with van der Waals surface area (Å²) in [7, 11) is 0. The minimum atomic E-state index is -0.342. The summed E-state index contributed by atoms with van der Waals surface area (Å²) < 4.78 is 0. The molecule has 0 aromatic heterocycles. The molecule has 0 radical (unpaired) electrons. The van der Waals surface area contributed by atoms with Crippen LogP contribution in [0.3, 0.4) is 0 Å². The van der Waals surface area contributed by atoms with Crippen LogP contribution in [-0.4, -0.2) is 29.3 Å². The minimum absolute atomic E-state index is 0.0227. The summed E-state index contributed by atoms with van der Waals surface area (Å²) >= 11 is 0. The zero-order chi connectivity index (χ0) is 15.0. The molecule has 1 N–H and O–H groups in total. The molecule has 1 unspecified atom stereocenters. The number of rotatable bonds is 2. The fourth-order valence-corrected chi connectivity index (χ4v) is 3.23. The highest BCUT2D eigenvalue weighted by molar-refractivity contribution is 6.02. The van der Waals surface area contributed by atoms with E-state index >= 15 is 0 Å². The van der Waals surface area contributed by atoms with Crippen LogP contribution in [0, 0.1) is 0 Å². The van der Waals surface area contributed by atoms with E-state index in [2.05, 4.69) is 11.9 Å². The summed E-state index contributed by atoms with van der Waals surface area (Å²) in [6.07, 6.45) is 2.69. The highest BCUT2D eigenvalue weighted by atomic mass is 16.2. The first-order chi connectivity index (χ1) is 10.1. The van der Waals surface area contributed by atoms with E-state index in [1.165, 1.54) is 0 Å². The van der Waals surface area contributed by atoms with Gasteiger partial charge in [0.25, 0.3) is 5.91 Å². The molecule has 1 atom stereocenters. The molecule has 2 aliphatic rings. The van der Waals surface area contributed by atoms with Crippen LogP contribution < -0.4 is 5.32 Å². The van der Waals surface area contributed by atoms with Crippen LogP contribution in [0.2, 0.25) is 0 Å². The standard InChI is InChI=1S/C17H20N2O2/c1-11(2)12-6-5-7-13-14(12)10-19(17(13)21)15-8-3-4-9-18-16(15)20/h5-7,15H,1,3-4,8-10H2,2H3,(H,18,20). The number of fused-ring (bicyclic) bond motifs is 1. The van der Waals surface area contributed by atoms with Crippen molar-refractivity contribution in [1.29, 1.82) is 0 Å². The van der Waals surface area contributed by atoms with Crippen molar-refractivity contribution in [3.63, 3.8) is 0 Å². The van der Waals surface area contributed by atoms with Gasteiger partial charge in [-0.2, -0.15) is 0 Å². The number of nitrogens with zero attached hydrogens (tertiary/aromatic N) is 1. The van der Waals surface area contributed by atoms with Crippen LogP contribution in [0.15, 0.2) is 24.8 Å². The molecule has 110 valence electrons. The van der Waals surface area contributed by atoms with Crippen molar-refractivity contribution in [3.05, 3.63) is 41.5 Å². The number of carbonyl (C=O) groups is 2. The maximum Gasteiger partial charge on any atom is 0.255 e. The van der Waals surface area contributed by atoms with E-state index in [0.29, 0.717) is 18.7 Å². The molecule has 0 saturated carbocycles. The Kier molecular flexibility index (Phi) is 3.53. The number of nitrogens with one attached hydrogen (secondary N) is 1. The minimum Gasteiger partial charge on any atom is -0.354 e. The molecule has 0 aliphatic carbocycles. The molecule has 2 aliphatic heterocycles. The zero-order valence-corrected chi connectivity index (χ0v) is 12.3. The summed E-state index contributed by atoms with van der Waals surface area (Å²) in [5, 5.41) is 2.91. The van der Waals surface area contributed by atoms with Gasteiger partial charge in [-0.25, -0.2) is 0 Å². The van der Waals surface area contributed by atoms with Crippen LogP contribution in [0.5, 0.6) is 0 Å². The number of hydrogen-bond acceptors (Lipinski definition) is 2. The van der Waals surface area contributed by atoms with Gasteiger partial charge in [0.05, 0.1) is 0 Å². The zero-order valence-electron chi connectivity index (χ0n) is 12.3. The van der Waals surface area contributed by atoms with Gasteiger partial charge in [-0.1, -0.05) is 24.3 Å². The van der Waals surface area contributed by atoms with Crippen LogP contribution >= 0.6 is 0 Å². The molecule has 0 bridgehead atoms. The van der Waals surface area contributed by atoms with E-state index in [1.807, 2.05) is 25.1 Å². The van der Waals surface area contributed by atoms with Crippen molar-refractivity contribution < 1.29 is 9.59 Å². The summed E-state index contributed by atoms with van der Waals surface area (Å²) in [5.74, 6) is -0.0549. The molecule has 2 heterocycles. The lowest BCUT2D eigenvalue weighted by atomic mass is 9.99. The highest BCUT2D eigenvalue weighted by Crippen LogP contribution is 2.31. The van der Waals surface area contributed by atoms with Gasteiger partial charge in [0.2, 0.25) is 5.91 Å². The fourth-order valence-electron chi connectivity index (χ4n) is 3.23. The predicted octanol–water partition coefficient (Wildman–Crippen LogP) is 2.34. The molecule has 1 aromatic carbocycles. The second kappa shape index (κ2) is 5.35. The molecule has 3 rings (SSSR count). The van der Waals surface area contributed by atoms with Gasteiger partial charge in [-0.15, -0.1) is 0 Å². The molecule has 1 saturated heterocycles. The molecular weight excluding hydrogens is 264 g/mol. The third-order valence-corrected chi connectivity index (χ3v) is 4.34. The van der Waals surface area contributed by atoms with E-state index < -0.39 is 0 Å². The predicted molar refractivity (Wildman–Crippen MR) is 81.7 cm³/mol. The van der Waals surface area contributed by atoms with E-state index in [0.717, 1.165) is 36.0 Å². The second-order valence-electron chi connectivity index (χ2n) is 5.85. The first kappa shape index (κ1) is 13.9.